The Labute approximate surface area is 68.2 Å². The van der Waals surface area contributed by atoms with Crippen LogP contribution in [0.2, 0.25) is 0 Å². The summed E-state index contributed by atoms with van der Waals surface area (Å²) in [6, 6.07) is 1.13. The molecule has 0 aliphatic heterocycles. The normalized spacial score (nSPS) is 9.50. The summed E-state index contributed by atoms with van der Waals surface area (Å²) in [7, 11) is 1.21. The predicted octanol–water partition coefficient (Wildman–Crippen LogP) is 0.590. The molecule has 12 heavy (non-hydrogen) atoms. The molecule has 1 aromatic rings. The number of pyridine rings is 1. The van der Waals surface area contributed by atoms with E-state index < -0.39 is 11.8 Å². The van der Waals surface area contributed by atoms with Crippen molar-refractivity contribution in [3.63, 3.8) is 0 Å². The molecule has 4 nitrogen and oxygen atoms in total. The van der Waals surface area contributed by atoms with Crippen molar-refractivity contribution in [2.45, 2.75) is 0 Å². The molecule has 0 bridgehead atoms. The number of nitrogens with two attached hydrogens (primary N) is 1. The summed E-state index contributed by atoms with van der Waals surface area (Å²) in [5.74, 6) is -1.29. The van der Waals surface area contributed by atoms with Gasteiger partial charge in [0.05, 0.1) is 19.0 Å². The molecule has 5 heteroatoms. The standard InChI is InChI=1S/C7H7FN2O2/c1-12-7(11)6-2-5(9)4(8)3-10-6/h2-3H,1H3,(H2,9,10). The SMILES string of the molecule is COC(=O)c1cc(N)c(F)cn1. The topological polar surface area (TPSA) is 65.2 Å². The summed E-state index contributed by atoms with van der Waals surface area (Å²) in [4.78, 5) is 14.3. The number of carbonyl (C=O) groups is 1. The van der Waals surface area contributed by atoms with Gasteiger partial charge in [-0.2, -0.15) is 0 Å². The van der Waals surface area contributed by atoms with Crippen molar-refractivity contribution in [3.05, 3.63) is 23.8 Å². The first-order valence-corrected chi connectivity index (χ1v) is 3.14. The zero-order chi connectivity index (χ0) is 9.14. The molecule has 0 atom stereocenters. The zero-order valence-electron chi connectivity index (χ0n) is 6.37. The van der Waals surface area contributed by atoms with Crippen LogP contribution in [-0.4, -0.2) is 18.1 Å². The Morgan fingerprint density at radius 2 is 2.42 bits per heavy atom. The number of ether oxygens (including phenoxy) is 1. The van der Waals surface area contributed by atoms with Gasteiger partial charge in [0, 0.05) is 0 Å². The zero-order valence-corrected chi connectivity index (χ0v) is 6.37. The molecule has 0 radical (unpaired) electrons. The fourth-order valence-corrected chi connectivity index (χ4v) is 0.670. The summed E-state index contributed by atoms with van der Waals surface area (Å²) in [6.45, 7) is 0. The van der Waals surface area contributed by atoms with Crippen molar-refractivity contribution < 1.29 is 13.9 Å². The van der Waals surface area contributed by atoms with E-state index in [-0.39, 0.29) is 11.4 Å². The number of esters is 1. The molecule has 0 saturated carbocycles. The smallest absolute Gasteiger partial charge is 0.356 e. The van der Waals surface area contributed by atoms with Crippen LogP contribution in [0.25, 0.3) is 0 Å². The predicted molar refractivity (Wildman–Crippen MR) is 39.9 cm³/mol. The van der Waals surface area contributed by atoms with Crippen LogP contribution in [0.4, 0.5) is 10.1 Å². The summed E-state index contributed by atoms with van der Waals surface area (Å²) < 4.78 is 16.9. The van der Waals surface area contributed by atoms with Gasteiger partial charge in [-0.05, 0) is 6.07 Å². The highest BCUT2D eigenvalue weighted by Crippen LogP contribution is 2.09. The molecule has 0 aliphatic rings. The number of methoxy groups -OCH3 is 1. The molecule has 1 rings (SSSR count). The molecule has 0 amide bonds. The van der Waals surface area contributed by atoms with Crippen LogP contribution in [0.5, 0.6) is 0 Å². The minimum atomic E-state index is -0.650. The van der Waals surface area contributed by atoms with E-state index in [1.165, 1.54) is 7.11 Å². The van der Waals surface area contributed by atoms with Crippen LogP contribution in [0, 0.1) is 5.82 Å². The fraction of sp³-hybridized carbons (Fsp3) is 0.143. The second-order valence-electron chi connectivity index (χ2n) is 2.08. The van der Waals surface area contributed by atoms with Gasteiger partial charge in [-0.15, -0.1) is 0 Å². The van der Waals surface area contributed by atoms with Crippen molar-refractivity contribution in [2.75, 3.05) is 12.8 Å². The van der Waals surface area contributed by atoms with Crippen molar-refractivity contribution >= 4 is 11.7 Å². The lowest BCUT2D eigenvalue weighted by atomic mass is 10.3. The number of anilines is 1. The van der Waals surface area contributed by atoms with E-state index in [1.54, 1.807) is 0 Å². The van der Waals surface area contributed by atoms with E-state index in [0.29, 0.717) is 0 Å². The molecule has 0 aromatic carbocycles. The number of nitrogen functional groups attached to an aromatic ring is 1. The Morgan fingerprint density at radius 1 is 1.75 bits per heavy atom. The van der Waals surface area contributed by atoms with Crippen LogP contribution in [0.15, 0.2) is 12.3 Å². The minimum Gasteiger partial charge on any atom is -0.464 e. The average molecular weight is 170 g/mol. The van der Waals surface area contributed by atoms with E-state index in [4.69, 9.17) is 5.73 Å². The largest absolute Gasteiger partial charge is 0.464 e. The van der Waals surface area contributed by atoms with Gasteiger partial charge >= 0.3 is 5.97 Å². The molecule has 0 spiro atoms. The maximum atomic E-state index is 12.5. The Hall–Kier alpha value is -1.65. The van der Waals surface area contributed by atoms with Crippen LogP contribution in [-0.2, 0) is 4.74 Å². The molecule has 2 N–H and O–H groups in total. The van der Waals surface area contributed by atoms with Gasteiger partial charge in [-0.25, -0.2) is 14.2 Å². The molecule has 1 aromatic heterocycles. The number of hydrogen-bond acceptors (Lipinski definition) is 4. The van der Waals surface area contributed by atoms with E-state index in [1.807, 2.05) is 0 Å². The highest BCUT2D eigenvalue weighted by Gasteiger charge is 2.08. The molecule has 64 valence electrons. The minimum absolute atomic E-state index is 0.00333. The monoisotopic (exact) mass is 170 g/mol. The Bertz CT molecular complexity index is 314. The fourth-order valence-electron chi connectivity index (χ4n) is 0.670. The average Bonchev–Trinajstić information content (AvgIpc) is 2.08. The third kappa shape index (κ3) is 1.50. The van der Waals surface area contributed by atoms with E-state index in [9.17, 15) is 9.18 Å². The van der Waals surface area contributed by atoms with Crippen molar-refractivity contribution in [3.8, 4) is 0 Å². The van der Waals surface area contributed by atoms with Crippen molar-refractivity contribution in [1.82, 2.24) is 4.98 Å². The number of aromatic nitrogens is 1. The summed E-state index contributed by atoms with van der Waals surface area (Å²) in [5, 5.41) is 0. The number of nitrogens with zero attached hydrogens (tertiary/aromatic N) is 1. The van der Waals surface area contributed by atoms with Crippen LogP contribution in [0.3, 0.4) is 0 Å². The molecule has 0 saturated heterocycles. The van der Waals surface area contributed by atoms with Gasteiger partial charge in [0.2, 0.25) is 0 Å². The summed E-state index contributed by atoms with van der Waals surface area (Å²) >= 11 is 0. The van der Waals surface area contributed by atoms with E-state index >= 15 is 0 Å². The van der Waals surface area contributed by atoms with Gasteiger partial charge in [0.1, 0.15) is 0 Å². The molecular weight excluding hydrogens is 163 g/mol. The first kappa shape index (κ1) is 8.45. The lowest BCUT2D eigenvalue weighted by molar-refractivity contribution is 0.0594. The third-order valence-electron chi connectivity index (χ3n) is 1.28. The van der Waals surface area contributed by atoms with Gasteiger partial charge in [0.25, 0.3) is 0 Å². The summed E-state index contributed by atoms with van der Waals surface area (Å²) in [6.07, 6.45) is 0.877. The highest BCUT2D eigenvalue weighted by molar-refractivity contribution is 5.87. The first-order valence-electron chi connectivity index (χ1n) is 3.14. The van der Waals surface area contributed by atoms with Crippen molar-refractivity contribution in [1.29, 1.82) is 0 Å². The second kappa shape index (κ2) is 3.17. The number of carbonyl (C=O) groups excluding carboxylic acids is 1. The molecule has 0 fully saturated rings. The quantitative estimate of drug-likeness (QED) is 0.626. The van der Waals surface area contributed by atoms with Crippen LogP contribution >= 0.6 is 0 Å². The van der Waals surface area contributed by atoms with Crippen molar-refractivity contribution in [2.24, 2.45) is 0 Å². The number of rotatable bonds is 1. The third-order valence-corrected chi connectivity index (χ3v) is 1.28. The summed E-state index contributed by atoms with van der Waals surface area (Å²) in [5.41, 5.74) is 5.07. The molecule has 0 aliphatic carbocycles. The number of halogens is 1. The van der Waals surface area contributed by atoms with Gasteiger partial charge in [0.15, 0.2) is 11.5 Å². The van der Waals surface area contributed by atoms with Crippen LogP contribution in [0.1, 0.15) is 10.5 Å². The molecule has 0 unspecified atom stereocenters. The number of hydrogen-bond donors (Lipinski definition) is 1. The Balaban J connectivity index is 3.05. The maximum Gasteiger partial charge on any atom is 0.356 e. The highest BCUT2D eigenvalue weighted by atomic mass is 19.1. The van der Waals surface area contributed by atoms with Gasteiger partial charge in [-0.1, -0.05) is 0 Å². The van der Waals surface area contributed by atoms with Crippen LogP contribution < -0.4 is 5.73 Å². The Kier molecular flexibility index (Phi) is 2.23. The maximum absolute atomic E-state index is 12.5. The lowest BCUT2D eigenvalue weighted by Crippen LogP contribution is -2.05. The molecule has 1 heterocycles. The Morgan fingerprint density at radius 3 is 2.92 bits per heavy atom. The van der Waals surface area contributed by atoms with E-state index in [2.05, 4.69) is 9.72 Å². The van der Waals surface area contributed by atoms with E-state index in [0.717, 1.165) is 12.3 Å². The first-order chi connectivity index (χ1) is 5.65. The van der Waals surface area contributed by atoms with Gasteiger partial charge in [-0.3, -0.25) is 0 Å². The lowest BCUT2D eigenvalue weighted by Gasteiger charge is -1.99. The van der Waals surface area contributed by atoms with Gasteiger partial charge < -0.3 is 10.5 Å². The molecular formula is C7H7FN2O2. The second-order valence-corrected chi connectivity index (χ2v) is 2.08.